The fourth-order valence-electron chi connectivity index (χ4n) is 3.56. The van der Waals surface area contributed by atoms with Crippen molar-refractivity contribution in [2.45, 2.75) is 110 Å². The number of hydrogen-bond acceptors (Lipinski definition) is 3. The van der Waals surface area contributed by atoms with Crippen LogP contribution >= 0.6 is 11.8 Å². The maximum absolute atomic E-state index is 11.7. The number of nitrogens with zero attached hydrogens (tertiary/aromatic N) is 1. The summed E-state index contributed by atoms with van der Waals surface area (Å²) < 4.78 is 0. The van der Waals surface area contributed by atoms with Gasteiger partial charge in [-0.1, -0.05) is 103 Å². The molecule has 0 aromatic carbocycles. The molecule has 0 aromatic rings. The van der Waals surface area contributed by atoms with Gasteiger partial charge >= 0.3 is 6.03 Å². The SMILES string of the molecule is CCCCCCCCCCCCCCCCCCNC(=O)NN1CCSC1. The third-order valence-electron chi connectivity index (χ3n) is 5.33. The highest BCUT2D eigenvalue weighted by molar-refractivity contribution is 7.99. The van der Waals surface area contributed by atoms with Crippen molar-refractivity contribution < 1.29 is 4.79 Å². The van der Waals surface area contributed by atoms with Crippen LogP contribution in [0.15, 0.2) is 0 Å². The van der Waals surface area contributed by atoms with Gasteiger partial charge in [-0.3, -0.25) is 5.43 Å². The number of thioether (sulfide) groups is 1. The van der Waals surface area contributed by atoms with Crippen molar-refractivity contribution in [3.8, 4) is 0 Å². The number of carbonyl (C=O) groups is 1. The van der Waals surface area contributed by atoms with Crippen LogP contribution in [0, 0.1) is 0 Å². The topological polar surface area (TPSA) is 44.4 Å². The first-order chi connectivity index (χ1) is 13.3. The minimum absolute atomic E-state index is 0.0431. The van der Waals surface area contributed by atoms with Crippen molar-refractivity contribution in [3.05, 3.63) is 0 Å². The zero-order chi connectivity index (χ0) is 19.4. The second-order valence-electron chi connectivity index (χ2n) is 7.97. The van der Waals surface area contributed by atoms with E-state index in [0.29, 0.717) is 0 Å². The number of unbranched alkanes of at least 4 members (excludes halogenated alkanes) is 15. The first kappa shape index (κ1) is 24.6. The lowest BCUT2D eigenvalue weighted by Gasteiger charge is -2.15. The maximum atomic E-state index is 11.7. The minimum Gasteiger partial charge on any atom is -0.337 e. The molecule has 0 bridgehead atoms. The molecule has 4 nitrogen and oxygen atoms in total. The van der Waals surface area contributed by atoms with E-state index in [9.17, 15) is 4.79 Å². The van der Waals surface area contributed by atoms with Crippen LogP contribution in [0.5, 0.6) is 0 Å². The first-order valence-corrected chi connectivity index (χ1v) is 12.9. The molecule has 0 saturated carbocycles. The Kier molecular flexibility index (Phi) is 17.3. The summed E-state index contributed by atoms with van der Waals surface area (Å²) in [5.41, 5.74) is 2.90. The molecular formula is C22H45N3OS. The molecule has 1 heterocycles. The molecule has 0 aliphatic carbocycles. The smallest absolute Gasteiger partial charge is 0.329 e. The Morgan fingerprint density at radius 3 is 1.70 bits per heavy atom. The lowest BCUT2D eigenvalue weighted by Crippen LogP contribution is -2.46. The second-order valence-corrected chi connectivity index (χ2v) is 9.05. The Hall–Kier alpha value is -0.420. The van der Waals surface area contributed by atoms with Crippen LogP contribution in [0.2, 0.25) is 0 Å². The van der Waals surface area contributed by atoms with Gasteiger partial charge in [-0.2, -0.15) is 0 Å². The van der Waals surface area contributed by atoms with Gasteiger partial charge in [0.05, 0.1) is 5.88 Å². The predicted molar refractivity (Wildman–Crippen MR) is 120 cm³/mol. The number of hydrogen-bond donors (Lipinski definition) is 2. The summed E-state index contributed by atoms with van der Waals surface area (Å²) in [5, 5.41) is 4.94. The van der Waals surface area contributed by atoms with Crippen molar-refractivity contribution >= 4 is 17.8 Å². The van der Waals surface area contributed by atoms with Crippen LogP contribution in [0.25, 0.3) is 0 Å². The zero-order valence-corrected chi connectivity index (χ0v) is 18.7. The molecule has 2 N–H and O–H groups in total. The summed E-state index contributed by atoms with van der Waals surface area (Å²) in [6.45, 7) is 4.04. The van der Waals surface area contributed by atoms with Crippen molar-refractivity contribution in [1.29, 1.82) is 0 Å². The van der Waals surface area contributed by atoms with E-state index in [0.717, 1.165) is 31.1 Å². The van der Waals surface area contributed by atoms with E-state index in [-0.39, 0.29) is 6.03 Å². The standard InChI is InChI=1S/C22H45N3OS/c1-2-3-4-5-6-7-8-9-10-11-12-13-14-15-16-17-18-23-22(26)24-25-19-20-27-21-25/h2-21H2,1H3,(H2,23,24,26). The molecule has 1 fully saturated rings. The molecule has 5 heteroatoms. The van der Waals surface area contributed by atoms with E-state index >= 15 is 0 Å². The van der Waals surface area contributed by atoms with E-state index in [1.165, 1.54) is 96.3 Å². The molecule has 2 amide bonds. The largest absolute Gasteiger partial charge is 0.337 e. The molecule has 0 spiro atoms. The highest BCUT2D eigenvalue weighted by atomic mass is 32.2. The second kappa shape index (κ2) is 18.9. The van der Waals surface area contributed by atoms with Gasteiger partial charge in [-0.15, -0.1) is 11.8 Å². The van der Waals surface area contributed by atoms with E-state index < -0.39 is 0 Å². The van der Waals surface area contributed by atoms with Crippen LogP contribution in [0.3, 0.4) is 0 Å². The average Bonchev–Trinajstić information content (AvgIpc) is 3.17. The third kappa shape index (κ3) is 16.3. The van der Waals surface area contributed by atoms with Crippen molar-refractivity contribution in [2.24, 2.45) is 0 Å². The van der Waals surface area contributed by atoms with Crippen LogP contribution in [0.4, 0.5) is 4.79 Å². The van der Waals surface area contributed by atoms with Crippen molar-refractivity contribution in [3.63, 3.8) is 0 Å². The monoisotopic (exact) mass is 399 g/mol. The Morgan fingerprint density at radius 2 is 1.26 bits per heavy atom. The van der Waals surface area contributed by atoms with E-state index in [1.54, 1.807) is 0 Å². The van der Waals surface area contributed by atoms with Gasteiger partial charge < -0.3 is 5.32 Å². The molecule has 160 valence electrons. The molecule has 0 unspecified atom stereocenters. The molecule has 0 atom stereocenters. The molecule has 0 aromatic heterocycles. The Bertz CT molecular complexity index is 336. The summed E-state index contributed by atoms with van der Waals surface area (Å²) in [5.74, 6) is 2.02. The highest BCUT2D eigenvalue weighted by Gasteiger charge is 2.13. The fourth-order valence-corrected chi connectivity index (χ4v) is 4.45. The fraction of sp³-hybridized carbons (Fsp3) is 0.955. The van der Waals surface area contributed by atoms with Gasteiger partial charge in [0, 0.05) is 18.8 Å². The summed E-state index contributed by atoms with van der Waals surface area (Å²) >= 11 is 1.86. The molecular weight excluding hydrogens is 354 g/mol. The molecule has 1 aliphatic rings. The summed E-state index contributed by atoms with van der Waals surface area (Å²) in [6.07, 6.45) is 22.1. The van der Waals surface area contributed by atoms with Gasteiger partial charge in [-0.05, 0) is 6.42 Å². The van der Waals surface area contributed by atoms with Gasteiger partial charge in [-0.25, -0.2) is 9.80 Å². The van der Waals surface area contributed by atoms with Gasteiger partial charge in [0.15, 0.2) is 0 Å². The van der Waals surface area contributed by atoms with Gasteiger partial charge in [0.25, 0.3) is 0 Å². The molecule has 1 aliphatic heterocycles. The molecule has 1 rings (SSSR count). The maximum Gasteiger partial charge on any atom is 0.329 e. The Labute approximate surface area is 173 Å². The lowest BCUT2D eigenvalue weighted by molar-refractivity contribution is 0.202. The summed E-state index contributed by atoms with van der Waals surface area (Å²) in [6, 6.07) is -0.0431. The van der Waals surface area contributed by atoms with Crippen molar-refractivity contribution in [1.82, 2.24) is 15.8 Å². The third-order valence-corrected chi connectivity index (χ3v) is 6.29. The summed E-state index contributed by atoms with van der Waals surface area (Å²) in [7, 11) is 0. The van der Waals surface area contributed by atoms with Gasteiger partial charge in [0.1, 0.15) is 0 Å². The highest BCUT2D eigenvalue weighted by Crippen LogP contribution is 2.13. The summed E-state index contributed by atoms with van der Waals surface area (Å²) in [4.78, 5) is 11.7. The van der Waals surface area contributed by atoms with E-state index in [2.05, 4.69) is 17.7 Å². The normalized spacial score (nSPS) is 14.6. The first-order valence-electron chi connectivity index (χ1n) is 11.7. The number of hydrazine groups is 1. The minimum atomic E-state index is -0.0431. The number of amides is 2. The van der Waals surface area contributed by atoms with Crippen LogP contribution < -0.4 is 10.7 Å². The van der Waals surface area contributed by atoms with Crippen molar-refractivity contribution in [2.75, 3.05) is 24.7 Å². The Morgan fingerprint density at radius 1 is 0.778 bits per heavy atom. The number of rotatable bonds is 18. The molecule has 0 radical (unpaired) electrons. The predicted octanol–water partition coefficient (Wildman–Crippen LogP) is 6.47. The van der Waals surface area contributed by atoms with Crippen LogP contribution in [-0.2, 0) is 0 Å². The van der Waals surface area contributed by atoms with Crippen LogP contribution in [0.1, 0.15) is 110 Å². The lowest BCUT2D eigenvalue weighted by atomic mass is 10.0. The average molecular weight is 400 g/mol. The Balaban J connectivity index is 1.69. The van der Waals surface area contributed by atoms with Gasteiger partial charge in [0.2, 0.25) is 0 Å². The molecule has 27 heavy (non-hydrogen) atoms. The van der Waals surface area contributed by atoms with E-state index in [1.807, 2.05) is 16.8 Å². The molecule has 1 saturated heterocycles. The zero-order valence-electron chi connectivity index (χ0n) is 17.9. The number of carbonyl (C=O) groups excluding carboxylic acids is 1. The number of nitrogens with one attached hydrogen (secondary N) is 2. The van der Waals surface area contributed by atoms with E-state index in [4.69, 9.17) is 0 Å². The van der Waals surface area contributed by atoms with Crippen LogP contribution in [-0.4, -0.2) is 35.8 Å². The quantitative estimate of drug-likeness (QED) is 0.260. The number of urea groups is 1.